The summed E-state index contributed by atoms with van der Waals surface area (Å²) in [6, 6.07) is 5.81. The molecule has 26 heavy (non-hydrogen) atoms. The van der Waals surface area contributed by atoms with Crippen molar-refractivity contribution in [3.63, 3.8) is 0 Å². The SMILES string of the molecule is CCOCCOCCN(CC(C)(C)SSC)c1cc(CO)cc(CO)c1. The molecule has 0 unspecified atom stereocenters. The highest BCUT2D eigenvalue weighted by Gasteiger charge is 2.23. The van der Waals surface area contributed by atoms with Gasteiger partial charge in [0.05, 0.1) is 33.0 Å². The van der Waals surface area contributed by atoms with Crippen molar-refractivity contribution in [3.8, 4) is 0 Å². The Balaban J connectivity index is 2.85. The van der Waals surface area contributed by atoms with Crippen LogP contribution < -0.4 is 4.90 Å². The van der Waals surface area contributed by atoms with Crippen molar-refractivity contribution in [2.45, 2.75) is 38.7 Å². The van der Waals surface area contributed by atoms with Crippen LogP contribution in [0, 0.1) is 0 Å². The summed E-state index contributed by atoms with van der Waals surface area (Å²) in [5.41, 5.74) is 2.62. The number of nitrogens with zero attached hydrogens (tertiary/aromatic N) is 1. The van der Waals surface area contributed by atoms with E-state index >= 15 is 0 Å². The molecule has 1 rings (SSSR count). The van der Waals surface area contributed by atoms with Gasteiger partial charge in [-0.2, -0.15) is 0 Å². The van der Waals surface area contributed by atoms with Gasteiger partial charge in [0, 0.05) is 30.1 Å². The van der Waals surface area contributed by atoms with E-state index in [-0.39, 0.29) is 18.0 Å². The van der Waals surface area contributed by atoms with Crippen molar-refractivity contribution >= 4 is 27.3 Å². The number of rotatable bonds is 14. The lowest BCUT2D eigenvalue weighted by molar-refractivity contribution is 0.0555. The van der Waals surface area contributed by atoms with Crippen molar-refractivity contribution in [2.75, 3.05) is 50.7 Å². The molecule has 0 aromatic heterocycles. The maximum absolute atomic E-state index is 9.53. The number of ether oxygens (including phenoxy) is 2. The quantitative estimate of drug-likeness (QED) is 0.365. The van der Waals surface area contributed by atoms with E-state index in [0.29, 0.717) is 26.4 Å². The summed E-state index contributed by atoms with van der Waals surface area (Å²) in [5.74, 6) is 0. The lowest BCUT2D eigenvalue weighted by atomic mass is 10.1. The molecular weight excluding hydrogens is 370 g/mol. The maximum Gasteiger partial charge on any atom is 0.0701 e. The van der Waals surface area contributed by atoms with Crippen LogP contribution in [0.15, 0.2) is 18.2 Å². The van der Waals surface area contributed by atoms with E-state index in [2.05, 4.69) is 25.0 Å². The monoisotopic (exact) mass is 403 g/mol. The van der Waals surface area contributed by atoms with Crippen LogP contribution in [0.2, 0.25) is 0 Å². The summed E-state index contributed by atoms with van der Waals surface area (Å²) in [5, 5.41) is 19.1. The fraction of sp³-hybridized carbons (Fsp3) is 0.684. The first-order valence-electron chi connectivity index (χ1n) is 8.92. The molecule has 0 aliphatic carbocycles. The third-order valence-electron chi connectivity index (χ3n) is 3.73. The summed E-state index contributed by atoms with van der Waals surface area (Å²) in [7, 11) is 3.60. The minimum absolute atomic E-state index is 0.0392. The summed E-state index contributed by atoms with van der Waals surface area (Å²) < 4.78 is 11.1. The lowest BCUT2D eigenvalue weighted by Gasteiger charge is -2.33. The lowest BCUT2D eigenvalue weighted by Crippen LogP contribution is -2.38. The van der Waals surface area contributed by atoms with Gasteiger partial charge < -0.3 is 24.6 Å². The molecule has 2 N–H and O–H groups in total. The zero-order valence-corrected chi connectivity index (χ0v) is 18.0. The second-order valence-electron chi connectivity index (χ2n) is 6.56. The summed E-state index contributed by atoms with van der Waals surface area (Å²) >= 11 is 0. The molecule has 0 amide bonds. The van der Waals surface area contributed by atoms with Crippen LogP contribution in [0.3, 0.4) is 0 Å². The van der Waals surface area contributed by atoms with Crippen LogP contribution in [0.1, 0.15) is 31.9 Å². The van der Waals surface area contributed by atoms with Gasteiger partial charge in [-0.15, -0.1) is 0 Å². The van der Waals surface area contributed by atoms with E-state index < -0.39 is 0 Å². The normalized spacial score (nSPS) is 11.8. The van der Waals surface area contributed by atoms with Gasteiger partial charge in [0.1, 0.15) is 0 Å². The van der Waals surface area contributed by atoms with Crippen molar-refractivity contribution < 1.29 is 19.7 Å². The molecule has 0 heterocycles. The molecule has 5 nitrogen and oxygen atoms in total. The topological polar surface area (TPSA) is 62.2 Å². The van der Waals surface area contributed by atoms with Gasteiger partial charge >= 0.3 is 0 Å². The number of benzene rings is 1. The second kappa shape index (κ2) is 12.9. The average molecular weight is 404 g/mol. The number of hydrogen-bond acceptors (Lipinski definition) is 7. The first kappa shape index (κ1) is 23.6. The van der Waals surface area contributed by atoms with E-state index in [0.717, 1.165) is 29.9 Å². The Kier molecular flexibility index (Phi) is 11.7. The van der Waals surface area contributed by atoms with Crippen molar-refractivity contribution in [1.29, 1.82) is 0 Å². The molecule has 0 radical (unpaired) electrons. The molecule has 0 fully saturated rings. The fourth-order valence-electron chi connectivity index (χ4n) is 2.66. The molecule has 0 spiro atoms. The fourth-order valence-corrected chi connectivity index (χ4v) is 4.83. The number of aliphatic hydroxyl groups is 2. The van der Waals surface area contributed by atoms with Gasteiger partial charge in [-0.05, 0) is 50.3 Å². The van der Waals surface area contributed by atoms with E-state index in [9.17, 15) is 10.2 Å². The van der Waals surface area contributed by atoms with Gasteiger partial charge in [0.15, 0.2) is 0 Å². The molecule has 0 aliphatic heterocycles. The minimum atomic E-state index is -0.0392. The number of aliphatic hydroxyl groups excluding tert-OH is 2. The van der Waals surface area contributed by atoms with Crippen molar-refractivity contribution in [2.24, 2.45) is 0 Å². The molecule has 0 aliphatic rings. The molecule has 1 aromatic rings. The maximum atomic E-state index is 9.53. The Labute approximate surface area is 165 Å². The minimum Gasteiger partial charge on any atom is -0.392 e. The van der Waals surface area contributed by atoms with Crippen LogP contribution in [0.4, 0.5) is 5.69 Å². The van der Waals surface area contributed by atoms with E-state index in [1.807, 2.05) is 35.9 Å². The van der Waals surface area contributed by atoms with E-state index in [1.54, 1.807) is 10.8 Å². The highest BCUT2D eigenvalue weighted by Crippen LogP contribution is 2.35. The molecule has 1 aromatic carbocycles. The Morgan fingerprint density at radius 2 is 1.62 bits per heavy atom. The summed E-state index contributed by atoms with van der Waals surface area (Å²) in [6.07, 6.45) is 2.09. The van der Waals surface area contributed by atoms with Crippen LogP contribution >= 0.6 is 21.6 Å². The largest absolute Gasteiger partial charge is 0.392 e. The van der Waals surface area contributed by atoms with Gasteiger partial charge in [-0.3, -0.25) is 0 Å². The van der Waals surface area contributed by atoms with Crippen LogP contribution in [0.25, 0.3) is 0 Å². The second-order valence-corrected chi connectivity index (χ2v) is 9.67. The Hall–Kier alpha value is -0.440. The van der Waals surface area contributed by atoms with Crippen LogP contribution in [-0.2, 0) is 22.7 Å². The standard InChI is InChI=1S/C19H33NO4S2/c1-5-23-8-9-24-7-6-20(15-19(2,3)26-25-4)18-11-16(13-21)10-17(12-18)14-22/h10-12,21-22H,5-9,13-15H2,1-4H3. The summed E-state index contributed by atoms with van der Waals surface area (Å²) in [4.78, 5) is 2.27. The molecule has 7 heteroatoms. The number of hydrogen-bond donors (Lipinski definition) is 2. The first-order valence-corrected chi connectivity index (χ1v) is 11.5. The highest BCUT2D eigenvalue weighted by atomic mass is 33.1. The van der Waals surface area contributed by atoms with Gasteiger partial charge in [0.2, 0.25) is 0 Å². The number of anilines is 1. The van der Waals surface area contributed by atoms with E-state index in [1.165, 1.54) is 0 Å². The predicted octanol–water partition coefficient (Wildman–Crippen LogP) is 3.32. The van der Waals surface area contributed by atoms with Gasteiger partial charge in [0.25, 0.3) is 0 Å². The third-order valence-corrected chi connectivity index (χ3v) is 6.33. The smallest absolute Gasteiger partial charge is 0.0701 e. The zero-order chi connectivity index (χ0) is 19.4. The molecule has 0 saturated carbocycles. The van der Waals surface area contributed by atoms with Crippen molar-refractivity contribution in [1.82, 2.24) is 0 Å². The predicted molar refractivity (Wildman–Crippen MR) is 113 cm³/mol. The molecule has 150 valence electrons. The Morgan fingerprint density at radius 1 is 1.00 bits per heavy atom. The molecule has 0 saturated heterocycles. The molecular formula is C19H33NO4S2. The zero-order valence-electron chi connectivity index (χ0n) is 16.4. The average Bonchev–Trinajstić information content (AvgIpc) is 2.62. The Bertz CT molecular complexity index is 492. The third kappa shape index (κ3) is 8.97. The first-order chi connectivity index (χ1) is 12.5. The van der Waals surface area contributed by atoms with Crippen LogP contribution in [0.5, 0.6) is 0 Å². The van der Waals surface area contributed by atoms with E-state index in [4.69, 9.17) is 9.47 Å². The Morgan fingerprint density at radius 3 is 2.15 bits per heavy atom. The van der Waals surface area contributed by atoms with Crippen LogP contribution in [-0.4, -0.2) is 60.7 Å². The van der Waals surface area contributed by atoms with Gasteiger partial charge in [-0.1, -0.05) is 27.7 Å². The molecule has 0 atom stereocenters. The molecule has 0 bridgehead atoms. The van der Waals surface area contributed by atoms with Crippen molar-refractivity contribution in [3.05, 3.63) is 29.3 Å². The van der Waals surface area contributed by atoms with Gasteiger partial charge in [-0.25, -0.2) is 0 Å². The highest BCUT2D eigenvalue weighted by molar-refractivity contribution is 8.77. The summed E-state index contributed by atoms with van der Waals surface area (Å²) in [6.45, 7) is 10.4.